The second-order valence-electron chi connectivity index (χ2n) is 5.16. The Morgan fingerprint density at radius 3 is 2.90 bits per heavy atom. The molecule has 0 bridgehead atoms. The molecule has 1 amide bonds. The first kappa shape index (κ1) is 14.7. The van der Waals surface area contributed by atoms with E-state index in [0.29, 0.717) is 18.7 Å². The zero-order valence-electron chi connectivity index (χ0n) is 11.6. The molecule has 1 aliphatic heterocycles. The van der Waals surface area contributed by atoms with Crippen molar-refractivity contribution in [3.8, 4) is 5.75 Å². The molecule has 1 aromatic rings. The lowest BCUT2D eigenvalue weighted by molar-refractivity contribution is 0.0250. The summed E-state index contributed by atoms with van der Waals surface area (Å²) >= 11 is 0. The first-order chi connectivity index (χ1) is 9.45. The molecule has 1 unspecified atom stereocenters. The lowest BCUT2D eigenvalue weighted by Crippen LogP contribution is -2.45. The van der Waals surface area contributed by atoms with E-state index in [0.717, 1.165) is 6.54 Å². The topological polar surface area (TPSA) is 61.8 Å². The fraction of sp³-hybridized carbons (Fsp3) is 0.500. The molecule has 6 heteroatoms. The number of aliphatic hydroxyl groups is 1. The van der Waals surface area contributed by atoms with Crippen LogP contribution in [-0.2, 0) is 0 Å². The highest BCUT2D eigenvalue weighted by Crippen LogP contribution is 2.20. The first-order valence-corrected chi connectivity index (χ1v) is 6.47. The van der Waals surface area contributed by atoms with Crippen LogP contribution in [0.2, 0.25) is 0 Å². The summed E-state index contributed by atoms with van der Waals surface area (Å²) in [5, 5.41) is 13.3. The number of benzene rings is 1. The van der Waals surface area contributed by atoms with Crippen molar-refractivity contribution in [2.24, 2.45) is 0 Å². The molecule has 1 heterocycles. The SMILES string of the molecule is COc1ccc(C(=O)N(C)CC2(O)CCNC2)c(F)c1. The minimum Gasteiger partial charge on any atom is -0.497 e. The Bertz CT molecular complexity index is 501. The normalized spacial score (nSPS) is 21.8. The molecule has 1 atom stereocenters. The van der Waals surface area contributed by atoms with Gasteiger partial charge >= 0.3 is 0 Å². The monoisotopic (exact) mass is 282 g/mol. The summed E-state index contributed by atoms with van der Waals surface area (Å²) in [6.45, 7) is 1.33. The van der Waals surface area contributed by atoms with Crippen LogP contribution in [0, 0.1) is 5.82 Å². The number of amides is 1. The molecule has 0 saturated carbocycles. The van der Waals surface area contributed by atoms with Crippen molar-refractivity contribution in [3.05, 3.63) is 29.6 Å². The van der Waals surface area contributed by atoms with Gasteiger partial charge in [0.05, 0.1) is 24.8 Å². The number of methoxy groups -OCH3 is 1. The average molecular weight is 282 g/mol. The van der Waals surface area contributed by atoms with E-state index < -0.39 is 17.3 Å². The first-order valence-electron chi connectivity index (χ1n) is 6.47. The number of hydrogen-bond acceptors (Lipinski definition) is 4. The van der Waals surface area contributed by atoms with Gasteiger partial charge in [0.25, 0.3) is 5.91 Å². The van der Waals surface area contributed by atoms with E-state index >= 15 is 0 Å². The van der Waals surface area contributed by atoms with Gasteiger partial charge in [-0.3, -0.25) is 4.79 Å². The molecule has 2 rings (SSSR count). The Kier molecular flexibility index (Phi) is 4.25. The molecule has 20 heavy (non-hydrogen) atoms. The zero-order chi connectivity index (χ0) is 14.8. The molecule has 1 aromatic carbocycles. The van der Waals surface area contributed by atoms with Crippen molar-refractivity contribution in [2.75, 3.05) is 33.8 Å². The van der Waals surface area contributed by atoms with E-state index in [1.54, 1.807) is 7.05 Å². The number of ether oxygens (including phenoxy) is 1. The van der Waals surface area contributed by atoms with Crippen LogP contribution in [-0.4, -0.2) is 55.3 Å². The maximum Gasteiger partial charge on any atom is 0.256 e. The maximum absolute atomic E-state index is 13.9. The van der Waals surface area contributed by atoms with Crippen molar-refractivity contribution in [2.45, 2.75) is 12.0 Å². The summed E-state index contributed by atoms with van der Waals surface area (Å²) in [4.78, 5) is 13.6. The number of halogens is 1. The summed E-state index contributed by atoms with van der Waals surface area (Å²) in [7, 11) is 2.99. The molecular formula is C14H19FN2O3. The molecule has 0 aliphatic carbocycles. The second-order valence-corrected chi connectivity index (χ2v) is 5.16. The van der Waals surface area contributed by atoms with E-state index in [4.69, 9.17) is 4.74 Å². The number of nitrogens with zero attached hydrogens (tertiary/aromatic N) is 1. The van der Waals surface area contributed by atoms with Gasteiger partial charge in [0.1, 0.15) is 11.6 Å². The van der Waals surface area contributed by atoms with Gasteiger partial charge in [-0.2, -0.15) is 0 Å². The Hall–Kier alpha value is -1.66. The molecule has 110 valence electrons. The molecule has 1 fully saturated rings. The van der Waals surface area contributed by atoms with Gasteiger partial charge in [0.2, 0.25) is 0 Å². The molecule has 0 aromatic heterocycles. The molecule has 0 radical (unpaired) electrons. The highest BCUT2D eigenvalue weighted by Gasteiger charge is 2.34. The van der Waals surface area contributed by atoms with Gasteiger partial charge in [0.15, 0.2) is 0 Å². The minimum absolute atomic E-state index is 0.0251. The third kappa shape index (κ3) is 3.08. The van der Waals surface area contributed by atoms with Gasteiger partial charge in [-0.1, -0.05) is 0 Å². The quantitative estimate of drug-likeness (QED) is 0.850. The summed E-state index contributed by atoms with van der Waals surface area (Å²) in [6, 6.07) is 4.10. The standard InChI is InChI=1S/C14H19FN2O3/c1-17(9-14(19)5-6-16-8-14)13(18)11-4-3-10(20-2)7-12(11)15/h3-4,7,16,19H,5-6,8-9H2,1-2H3. The summed E-state index contributed by atoms with van der Waals surface area (Å²) in [5.41, 5.74) is -0.962. The zero-order valence-corrected chi connectivity index (χ0v) is 11.6. The molecule has 2 N–H and O–H groups in total. The lowest BCUT2D eigenvalue weighted by Gasteiger charge is -2.28. The number of rotatable bonds is 4. The van der Waals surface area contributed by atoms with Crippen LogP contribution in [0.4, 0.5) is 4.39 Å². The average Bonchev–Trinajstić information content (AvgIpc) is 2.84. The fourth-order valence-corrected chi connectivity index (χ4v) is 2.38. The highest BCUT2D eigenvalue weighted by molar-refractivity contribution is 5.94. The predicted octanol–water partition coefficient (Wildman–Crippen LogP) is 0.631. The Labute approximate surface area is 117 Å². The molecular weight excluding hydrogens is 263 g/mol. The number of likely N-dealkylation sites (N-methyl/N-ethyl adjacent to an activating group) is 1. The van der Waals surface area contributed by atoms with Crippen molar-refractivity contribution >= 4 is 5.91 Å². The van der Waals surface area contributed by atoms with Crippen LogP contribution in [0.3, 0.4) is 0 Å². The number of carbonyl (C=O) groups excluding carboxylic acids is 1. The van der Waals surface area contributed by atoms with Crippen molar-refractivity contribution in [1.29, 1.82) is 0 Å². The van der Waals surface area contributed by atoms with Crippen molar-refractivity contribution in [1.82, 2.24) is 10.2 Å². The van der Waals surface area contributed by atoms with Crippen LogP contribution in [0.15, 0.2) is 18.2 Å². The van der Waals surface area contributed by atoms with Crippen molar-refractivity contribution in [3.63, 3.8) is 0 Å². The smallest absolute Gasteiger partial charge is 0.256 e. The lowest BCUT2D eigenvalue weighted by atomic mass is 10.0. The molecule has 1 aliphatic rings. The summed E-state index contributed by atoms with van der Waals surface area (Å²) in [6.07, 6.45) is 0.579. The van der Waals surface area contributed by atoms with Crippen LogP contribution < -0.4 is 10.1 Å². The summed E-state index contributed by atoms with van der Waals surface area (Å²) in [5.74, 6) is -0.719. The summed E-state index contributed by atoms with van der Waals surface area (Å²) < 4.78 is 18.8. The molecule has 1 saturated heterocycles. The number of carbonyl (C=O) groups is 1. The van der Waals surface area contributed by atoms with E-state index in [1.807, 2.05) is 0 Å². The van der Waals surface area contributed by atoms with E-state index in [-0.39, 0.29) is 12.1 Å². The number of β-amino-alcohol motifs (C(OH)–C–C–N with tert-alkyl or cyclic N) is 1. The van der Waals surface area contributed by atoms with E-state index in [9.17, 15) is 14.3 Å². The van der Waals surface area contributed by atoms with Gasteiger partial charge in [-0.05, 0) is 25.1 Å². The van der Waals surface area contributed by atoms with Gasteiger partial charge < -0.3 is 20.1 Å². The number of hydrogen-bond donors (Lipinski definition) is 2. The van der Waals surface area contributed by atoms with E-state index in [2.05, 4.69) is 5.32 Å². The van der Waals surface area contributed by atoms with Gasteiger partial charge in [0, 0.05) is 19.7 Å². The maximum atomic E-state index is 13.9. The largest absolute Gasteiger partial charge is 0.497 e. The van der Waals surface area contributed by atoms with Crippen LogP contribution in [0.25, 0.3) is 0 Å². The Morgan fingerprint density at radius 1 is 1.60 bits per heavy atom. The fourth-order valence-electron chi connectivity index (χ4n) is 2.38. The van der Waals surface area contributed by atoms with Crippen LogP contribution >= 0.6 is 0 Å². The van der Waals surface area contributed by atoms with Crippen LogP contribution in [0.5, 0.6) is 5.75 Å². The highest BCUT2D eigenvalue weighted by atomic mass is 19.1. The Balaban J connectivity index is 2.10. The third-order valence-corrected chi connectivity index (χ3v) is 3.51. The molecule has 5 nitrogen and oxygen atoms in total. The van der Waals surface area contributed by atoms with E-state index in [1.165, 1.54) is 30.2 Å². The Morgan fingerprint density at radius 2 is 2.35 bits per heavy atom. The van der Waals surface area contributed by atoms with Crippen LogP contribution in [0.1, 0.15) is 16.8 Å². The number of nitrogens with one attached hydrogen (secondary N) is 1. The predicted molar refractivity (Wildman–Crippen MR) is 72.3 cm³/mol. The third-order valence-electron chi connectivity index (χ3n) is 3.51. The molecule has 0 spiro atoms. The van der Waals surface area contributed by atoms with Gasteiger partial charge in [-0.25, -0.2) is 4.39 Å². The minimum atomic E-state index is -0.937. The second kappa shape index (κ2) is 5.76. The van der Waals surface area contributed by atoms with Crippen molar-refractivity contribution < 1.29 is 19.0 Å². The van der Waals surface area contributed by atoms with Gasteiger partial charge in [-0.15, -0.1) is 0 Å².